The number of hydrogen-bond acceptors (Lipinski definition) is 4. The highest BCUT2D eigenvalue weighted by atomic mass is 16.5. The van der Waals surface area contributed by atoms with E-state index >= 15 is 0 Å². The molecule has 0 atom stereocenters. The maximum absolute atomic E-state index is 5.55. The molecule has 0 bridgehead atoms. The van der Waals surface area contributed by atoms with Gasteiger partial charge in [-0.25, -0.2) is 0 Å². The van der Waals surface area contributed by atoms with Crippen molar-refractivity contribution < 1.29 is 4.52 Å². The minimum absolute atomic E-state index is 0.417. The molecule has 0 amide bonds. The van der Waals surface area contributed by atoms with Crippen LogP contribution in [-0.2, 0) is 0 Å². The van der Waals surface area contributed by atoms with Gasteiger partial charge in [0.15, 0.2) is 11.6 Å². The molecule has 0 aliphatic rings. The third-order valence-electron chi connectivity index (χ3n) is 1.86. The molecule has 0 aliphatic heterocycles. The van der Waals surface area contributed by atoms with E-state index in [1.807, 2.05) is 25.1 Å². The van der Waals surface area contributed by atoms with Crippen LogP contribution in [-0.4, -0.2) is 10.1 Å². The molecule has 0 unspecified atom stereocenters. The molecular weight excluding hydrogens is 166 g/mol. The molecule has 4 heteroatoms. The quantitative estimate of drug-likeness (QED) is 0.715. The first-order chi connectivity index (χ1) is 6.29. The first-order valence-corrected chi connectivity index (χ1v) is 3.92. The summed E-state index contributed by atoms with van der Waals surface area (Å²) in [6.45, 7) is 1.86. The zero-order valence-corrected chi connectivity index (χ0v) is 7.19. The van der Waals surface area contributed by atoms with E-state index in [0.717, 1.165) is 11.3 Å². The summed E-state index contributed by atoms with van der Waals surface area (Å²) in [5.41, 5.74) is 7.13. The monoisotopic (exact) mass is 175 g/mol. The van der Waals surface area contributed by atoms with Gasteiger partial charge in [0.1, 0.15) is 5.69 Å². The van der Waals surface area contributed by atoms with Gasteiger partial charge in [0.25, 0.3) is 0 Å². The first-order valence-electron chi connectivity index (χ1n) is 3.92. The second-order valence-electron chi connectivity index (χ2n) is 2.74. The summed E-state index contributed by atoms with van der Waals surface area (Å²) >= 11 is 0. The Morgan fingerprint density at radius 1 is 1.38 bits per heavy atom. The van der Waals surface area contributed by atoms with Crippen molar-refractivity contribution in [2.75, 3.05) is 5.73 Å². The number of nitrogens with zero attached hydrogens (tertiary/aromatic N) is 2. The molecule has 2 N–H and O–H groups in total. The fraction of sp³-hybridized carbons (Fsp3) is 0.111. The zero-order chi connectivity index (χ0) is 9.26. The van der Waals surface area contributed by atoms with Crippen LogP contribution in [0.3, 0.4) is 0 Å². The zero-order valence-electron chi connectivity index (χ0n) is 7.19. The van der Waals surface area contributed by atoms with E-state index in [-0.39, 0.29) is 0 Å². The molecule has 0 radical (unpaired) electrons. The molecule has 0 aliphatic carbocycles. The van der Waals surface area contributed by atoms with Gasteiger partial charge in [0.2, 0.25) is 0 Å². The minimum Gasteiger partial charge on any atom is -0.381 e. The van der Waals surface area contributed by atoms with Gasteiger partial charge in [-0.15, -0.1) is 0 Å². The van der Waals surface area contributed by atoms with E-state index in [4.69, 9.17) is 10.3 Å². The van der Waals surface area contributed by atoms with E-state index in [2.05, 4.69) is 10.1 Å². The number of hydrogen-bond donors (Lipinski definition) is 1. The Bertz CT molecular complexity index is 408. The number of anilines is 1. The maximum Gasteiger partial charge on any atom is 0.190 e. The van der Waals surface area contributed by atoms with Gasteiger partial charge in [0, 0.05) is 11.8 Å². The van der Waals surface area contributed by atoms with Crippen LogP contribution in [0.4, 0.5) is 5.82 Å². The van der Waals surface area contributed by atoms with Crippen LogP contribution in [0.25, 0.3) is 11.5 Å². The molecule has 0 saturated carbocycles. The normalized spacial score (nSPS) is 10.2. The topological polar surface area (TPSA) is 64.9 Å². The molecular formula is C9H9N3O. The minimum atomic E-state index is 0.417. The van der Waals surface area contributed by atoms with Gasteiger partial charge < -0.3 is 10.3 Å². The van der Waals surface area contributed by atoms with Gasteiger partial charge >= 0.3 is 0 Å². The lowest BCUT2D eigenvalue weighted by Gasteiger charge is -1.93. The van der Waals surface area contributed by atoms with Crippen LogP contribution in [0, 0.1) is 6.92 Å². The van der Waals surface area contributed by atoms with E-state index in [0.29, 0.717) is 11.6 Å². The van der Waals surface area contributed by atoms with Crippen molar-refractivity contribution >= 4 is 5.82 Å². The summed E-state index contributed by atoms with van der Waals surface area (Å²) in [5, 5.41) is 3.66. The van der Waals surface area contributed by atoms with E-state index in [9.17, 15) is 0 Å². The molecule has 4 nitrogen and oxygen atoms in total. The number of nitrogens with two attached hydrogens (primary N) is 1. The van der Waals surface area contributed by atoms with Gasteiger partial charge in [-0.2, -0.15) is 0 Å². The molecule has 0 spiro atoms. The van der Waals surface area contributed by atoms with Crippen molar-refractivity contribution in [2.45, 2.75) is 6.92 Å². The highest BCUT2D eigenvalue weighted by Gasteiger charge is 2.11. The third-order valence-corrected chi connectivity index (χ3v) is 1.86. The largest absolute Gasteiger partial charge is 0.381 e. The summed E-state index contributed by atoms with van der Waals surface area (Å²) in [6, 6.07) is 5.59. The number of aromatic nitrogens is 2. The Morgan fingerprint density at radius 3 is 2.77 bits per heavy atom. The molecule has 2 rings (SSSR count). The van der Waals surface area contributed by atoms with Gasteiger partial charge in [-0.3, -0.25) is 4.98 Å². The van der Waals surface area contributed by atoms with Crippen molar-refractivity contribution in [3.8, 4) is 11.5 Å². The van der Waals surface area contributed by atoms with Crippen molar-refractivity contribution in [1.29, 1.82) is 0 Å². The van der Waals surface area contributed by atoms with Crippen LogP contribution in [0.5, 0.6) is 0 Å². The first kappa shape index (κ1) is 7.79. The van der Waals surface area contributed by atoms with Gasteiger partial charge in [-0.1, -0.05) is 11.2 Å². The standard InChI is InChI=1S/C9H9N3O/c1-6-8(13-12-9(6)10)7-4-2-3-5-11-7/h2-5H,1H3,(H2,10,12). The summed E-state index contributed by atoms with van der Waals surface area (Å²) in [4.78, 5) is 4.13. The Kier molecular flexibility index (Phi) is 1.73. The van der Waals surface area contributed by atoms with E-state index in [1.165, 1.54) is 0 Å². The summed E-state index contributed by atoms with van der Waals surface area (Å²) in [6.07, 6.45) is 1.70. The fourth-order valence-corrected chi connectivity index (χ4v) is 1.08. The predicted octanol–water partition coefficient (Wildman–Crippen LogP) is 1.63. The Morgan fingerprint density at radius 2 is 2.23 bits per heavy atom. The average molecular weight is 175 g/mol. The fourth-order valence-electron chi connectivity index (χ4n) is 1.08. The Balaban J connectivity index is 2.53. The lowest BCUT2D eigenvalue weighted by Crippen LogP contribution is -1.87. The molecule has 66 valence electrons. The molecule has 0 fully saturated rings. The Hall–Kier alpha value is -1.84. The predicted molar refractivity (Wildman–Crippen MR) is 48.9 cm³/mol. The highest BCUT2D eigenvalue weighted by Crippen LogP contribution is 2.24. The average Bonchev–Trinajstić information content (AvgIpc) is 2.49. The van der Waals surface area contributed by atoms with Crippen molar-refractivity contribution in [3.63, 3.8) is 0 Å². The van der Waals surface area contributed by atoms with E-state index < -0.39 is 0 Å². The molecule has 0 saturated heterocycles. The smallest absolute Gasteiger partial charge is 0.190 e. The lowest BCUT2D eigenvalue weighted by atomic mass is 10.2. The van der Waals surface area contributed by atoms with Crippen LogP contribution in [0.1, 0.15) is 5.56 Å². The van der Waals surface area contributed by atoms with Crippen LogP contribution >= 0.6 is 0 Å². The van der Waals surface area contributed by atoms with Crippen LogP contribution in [0.15, 0.2) is 28.9 Å². The number of pyridine rings is 1. The number of rotatable bonds is 1. The summed E-state index contributed by atoms with van der Waals surface area (Å²) < 4.78 is 5.04. The lowest BCUT2D eigenvalue weighted by molar-refractivity contribution is 0.434. The van der Waals surface area contributed by atoms with Crippen LogP contribution < -0.4 is 5.73 Å². The molecule has 0 aromatic carbocycles. The highest BCUT2D eigenvalue weighted by molar-refractivity contribution is 5.61. The molecule has 2 heterocycles. The van der Waals surface area contributed by atoms with E-state index in [1.54, 1.807) is 6.20 Å². The van der Waals surface area contributed by atoms with Gasteiger partial charge in [-0.05, 0) is 19.1 Å². The molecule has 2 aromatic rings. The number of nitrogen functional groups attached to an aromatic ring is 1. The third kappa shape index (κ3) is 1.26. The van der Waals surface area contributed by atoms with Gasteiger partial charge in [0.05, 0.1) is 0 Å². The van der Waals surface area contributed by atoms with Crippen molar-refractivity contribution in [2.24, 2.45) is 0 Å². The maximum atomic E-state index is 5.55. The molecule has 13 heavy (non-hydrogen) atoms. The van der Waals surface area contributed by atoms with Crippen molar-refractivity contribution in [3.05, 3.63) is 30.0 Å². The van der Waals surface area contributed by atoms with Crippen LogP contribution in [0.2, 0.25) is 0 Å². The van der Waals surface area contributed by atoms with Crippen molar-refractivity contribution in [1.82, 2.24) is 10.1 Å². The Labute approximate surface area is 75.4 Å². The second kappa shape index (κ2) is 2.90. The summed E-state index contributed by atoms with van der Waals surface area (Å²) in [7, 11) is 0. The summed E-state index contributed by atoms with van der Waals surface area (Å²) in [5.74, 6) is 1.05. The second-order valence-corrected chi connectivity index (χ2v) is 2.74. The molecule has 2 aromatic heterocycles. The SMILES string of the molecule is Cc1c(N)noc1-c1ccccn1.